The highest BCUT2D eigenvalue weighted by atomic mass is 16.6. The molecule has 0 spiro atoms. The molecule has 4 nitrogen and oxygen atoms in total. The summed E-state index contributed by atoms with van der Waals surface area (Å²) in [4.78, 5) is 22.0. The number of rotatable bonds is 4. The maximum absolute atomic E-state index is 11.6. The monoisotopic (exact) mass is 319 g/mol. The normalized spacial score (nSPS) is 17.5. The topological polar surface area (TPSA) is 60.2 Å². The first-order valence-electron chi connectivity index (χ1n) is 7.77. The van der Waals surface area contributed by atoms with Crippen molar-refractivity contribution < 1.29 is 9.72 Å². The van der Waals surface area contributed by atoms with Gasteiger partial charge < -0.3 is 0 Å². The van der Waals surface area contributed by atoms with E-state index in [1.54, 1.807) is 19.1 Å². The molecule has 1 atom stereocenters. The molecule has 0 aliphatic heterocycles. The molecular formula is C20H17NO3. The van der Waals surface area contributed by atoms with Gasteiger partial charge in [-0.25, -0.2) is 0 Å². The van der Waals surface area contributed by atoms with Crippen molar-refractivity contribution in [3.63, 3.8) is 0 Å². The van der Waals surface area contributed by atoms with E-state index in [-0.39, 0.29) is 17.4 Å². The largest absolute Gasteiger partial charge is 0.300 e. The van der Waals surface area contributed by atoms with Crippen LogP contribution in [0.25, 0.3) is 17.7 Å². The summed E-state index contributed by atoms with van der Waals surface area (Å²) in [6, 6.07) is 14.5. The maximum Gasteiger partial charge on any atom is 0.269 e. The Balaban J connectivity index is 2.04. The van der Waals surface area contributed by atoms with Gasteiger partial charge in [0.25, 0.3) is 5.69 Å². The molecule has 1 aliphatic rings. The predicted molar refractivity (Wildman–Crippen MR) is 95.2 cm³/mol. The molecule has 4 heteroatoms. The molecule has 0 fully saturated rings. The van der Waals surface area contributed by atoms with Crippen LogP contribution in [0, 0.1) is 16.0 Å². The second-order valence-corrected chi connectivity index (χ2v) is 5.91. The fraction of sp³-hybridized carbons (Fsp3) is 0.150. The van der Waals surface area contributed by atoms with Crippen molar-refractivity contribution in [3.05, 3.63) is 81.4 Å². The number of carbonyl (C=O) groups is 1. The van der Waals surface area contributed by atoms with Crippen LogP contribution < -0.4 is 0 Å². The van der Waals surface area contributed by atoms with Crippen LogP contribution >= 0.6 is 0 Å². The van der Waals surface area contributed by atoms with Crippen LogP contribution in [0.3, 0.4) is 0 Å². The average molecular weight is 319 g/mol. The summed E-state index contributed by atoms with van der Waals surface area (Å²) in [5.74, 6) is 0.159. The Bertz CT molecular complexity index is 847. The molecule has 2 aromatic rings. The van der Waals surface area contributed by atoms with Gasteiger partial charge in [0.1, 0.15) is 5.78 Å². The lowest BCUT2D eigenvalue weighted by atomic mass is 9.81. The highest BCUT2D eigenvalue weighted by Gasteiger charge is 2.21. The first-order valence-corrected chi connectivity index (χ1v) is 7.77. The van der Waals surface area contributed by atoms with Crippen LogP contribution in [0.15, 0.2) is 54.6 Å². The molecule has 0 bridgehead atoms. The molecule has 0 saturated carbocycles. The van der Waals surface area contributed by atoms with Crippen LogP contribution in [0.1, 0.15) is 30.0 Å². The van der Waals surface area contributed by atoms with E-state index in [0.717, 1.165) is 22.3 Å². The van der Waals surface area contributed by atoms with E-state index in [9.17, 15) is 14.9 Å². The molecule has 0 amide bonds. The third-order valence-electron chi connectivity index (χ3n) is 4.11. The van der Waals surface area contributed by atoms with Gasteiger partial charge in [-0.1, -0.05) is 42.5 Å². The number of hydrogen-bond acceptors (Lipinski definition) is 3. The molecule has 0 aromatic heterocycles. The van der Waals surface area contributed by atoms with Crippen molar-refractivity contribution in [3.8, 4) is 0 Å². The SMILES string of the molecule is CC(=O)CC1C=Cc2ccccc2/C1=C/c1ccc([N+](=O)[O-])cc1. The zero-order valence-corrected chi connectivity index (χ0v) is 13.3. The van der Waals surface area contributed by atoms with Crippen molar-refractivity contribution in [1.82, 2.24) is 0 Å². The standard InChI is InChI=1S/C20H17NO3/c1-14(22)12-17-9-8-16-4-2-3-5-19(16)20(17)13-15-6-10-18(11-7-15)21(23)24/h2-11,13,17H,12H2,1H3/b20-13+. The third kappa shape index (κ3) is 3.33. The first-order chi connectivity index (χ1) is 11.5. The van der Waals surface area contributed by atoms with E-state index >= 15 is 0 Å². The van der Waals surface area contributed by atoms with Crippen molar-refractivity contribution in [2.24, 2.45) is 5.92 Å². The number of allylic oxidation sites excluding steroid dienone is 2. The molecule has 24 heavy (non-hydrogen) atoms. The Hall–Kier alpha value is -3.01. The number of non-ortho nitro benzene ring substituents is 1. The van der Waals surface area contributed by atoms with E-state index in [0.29, 0.717) is 6.42 Å². The fourth-order valence-electron chi connectivity index (χ4n) is 2.97. The van der Waals surface area contributed by atoms with E-state index in [1.807, 2.05) is 30.3 Å². The highest BCUT2D eigenvalue weighted by molar-refractivity contribution is 5.92. The molecule has 3 rings (SSSR count). The van der Waals surface area contributed by atoms with Crippen LogP contribution in [-0.4, -0.2) is 10.7 Å². The summed E-state index contributed by atoms with van der Waals surface area (Å²) in [6.45, 7) is 1.60. The van der Waals surface area contributed by atoms with Gasteiger partial charge in [0.2, 0.25) is 0 Å². The Morgan fingerprint density at radius 3 is 2.54 bits per heavy atom. The number of Topliss-reactive ketones (excluding diaryl/α,β-unsaturated/α-hetero) is 1. The molecule has 0 heterocycles. The minimum atomic E-state index is -0.409. The summed E-state index contributed by atoms with van der Waals surface area (Å²) in [5, 5.41) is 10.8. The van der Waals surface area contributed by atoms with Crippen molar-refractivity contribution in [2.45, 2.75) is 13.3 Å². The van der Waals surface area contributed by atoms with Gasteiger partial charge in [0, 0.05) is 24.5 Å². The van der Waals surface area contributed by atoms with Crippen LogP contribution in [0.5, 0.6) is 0 Å². The number of fused-ring (bicyclic) bond motifs is 1. The van der Waals surface area contributed by atoms with E-state index in [1.165, 1.54) is 12.1 Å². The van der Waals surface area contributed by atoms with Gasteiger partial charge in [0.05, 0.1) is 4.92 Å². The molecule has 0 radical (unpaired) electrons. The summed E-state index contributed by atoms with van der Waals surface area (Å²) in [6.07, 6.45) is 6.57. The number of nitrogens with zero attached hydrogens (tertiary/aromatic N) is 1. The number of hydrogen-bond donors (Lipinski definition) is 0. The van der Waals surface area contributed by atoms with Crippen LogP contribution in [0.4, 0.5) is 5.69 Å². The lowest BCUT2D eigenvalue weighted by Gasteiger charge is -2.23. The number of benzene rings is 2. The fourth-order valence-corrected chi connectivity index (χ4v) is 2.97. The smallest absolute Gasteiger partial charge is 0.269 e. The van der Waals surface area contributed by atoms with E-state index in [2.05, 4.69) is 12.2 Å². The molecule has 0 N–H and O–H groups in total. The Kier molecular flexibility index (Phi) is 4.38. The van der Waals surface area contributed by atoms with E-state index < -0.39 is 4.92 Å². The van der Waals surface area contributed by atoms with Gasteiger partial charge in [-0.05, 0) is 41.3 Å². The predicted octanol–water partition coefficient (Wildman–Crippen LogP) is 4.76. The minimum absolute atomic E-state index is 0.0209. The van der Waals surface area contributed by atoms with Gasteiger partial charge in [-0.3, -0.25) is 14.9 Å². The molecule has 1 aliphatic carbocycles. The van der Waals surface area contributed by atoms with Crippen molar-refractivity contribution >= 4 is 29.2 Å². The number of nitro groups is 1. The molecule has 1 unspecified atom stereocenters. The van der Waals surface area contributed by atoms with Gasteiger partial charge >= 0.3 is 0 Å². The number of nitro benzene ring substituents is 1. The zero-order valence-electron chi connectivity index (χ0n) is 13.3. The van der Waals surface area contributed by atoms with Crippen LogP contribution in [-0.2, 0) is 4.79 Å². The van der Waals surface area contributed by atoms with Crippen molar-refractivity contribution in [2.75, 3.05) is 0 Å². The Morgan fingerprint density at radius 1 is 1.17 bits per heavy atom. The highest BCUT2D eigenvalue weighted by Crippen LogP contribution is 2.36. The molecular weight excluding hydrogens is 302 g/mol. The van der Waals surface area contributed by atoms with E-state index in [4.69, 9.17) is 0 Å². The minimum Gasteiger partial charge on any atom is -0.300 e. The average Bonchev–Trinajstić information content (AvgIpc) is 2.57. The maximum atomic E-state index is 11.6. The molecule has 0 saturated heterocycles. The lowest BCUT2D eigenvalue weighted by Crippen LogP contribution is -2.10. The van der Waals surface area contributed by atoms with Gasteiger partial charge in [-0.2, -0.15) is 0 Å². The quantitative estimate of drug-likeness (QED) is 0.603. The molecule has 120 valence electrons. The lowest BCUT2D eigenvalue weighted by molar-refractivity contribution is -0.384. The third-order valence-corrected chi connectivity index (χ3v) is 4.11. The summed E-state index contributed by atoms with van der Waals surface area (Å²) in [7, 11) is 0. The summed E-state index contributed by atoms with van der Waals surface area (Å²) < 4.78 is 0. The number of ketones is 1. The van der Waals surface area contributed by atoms with Gasteiger partial charge in [0.15, 0.2) is 0 Å². The first kappa shape index (κ1) is 15.9. The summed E-state index contributed by atoms with van der Waals surface area (Å²) in [5.41, 5.74) is 4.24. The van der Waals surface area contributed by atoms with Gasteiger partial charge in [-0.15, -0.1) is 0 Å². The van der Waals surface area contributed by atoms with Crippen LogP contribution in [0.2, 0.25) is 0 Å². The second-order valence-electron chi connectivity index (χ2n) is 5.91. The summed E-state index contributed by atoms with van der Waals surface area (Å²) >= 11 is 0. The molecule has 2 aromatic carbocycles. The van der Waals surface area contributed by atoms with Crippen molar-refractivity contribution in [1.29, 1.82) is 0 Å². The second kappa shape index (κ2) is 6.62. The number of carbonyl (C=O) groups excluding carboxylic acids is 1. The Morgan fingerprint density at radius 2 is 1.88 bits per heavy atom. The zero-order chi connectivity index (χ0) is 17.1. The Labute approximate surface area is 140 Å².